The average Bonchev–Trinajstić information content (AvgIpc) is 2.35. The Morgan fingerprint density at radius 3 is 2.24 bits per heavy atom. The normalized spacial score (nSPS) is 13.7. The maximum Gasteiger partial charge on any atom is 0.416 e. The van der Waals surface area contributed by atoms with Crippen LogP contribution in [0.2, 0.25) is 0 Å². The number of alkyl halides is 3. The summed E-state index contributed by atoms with van der Waals surface area (Å²) in [7, 11) is 0. The van der Waals surface area contributed by atoms with Gasteiger partial charge in [-0.25, -0.2) is 0 Å². The number of nitrogens with one attached hydrogen (secondary N) is 2. The zero-order valence-corrected chi connectivity index (χ0v) is 12.4. The number of carbonyl (C=O) groups is 1. The van der Waals surface area contributed by atoms with Crippen LogP contribution < -0.4 is 16.6 Å². The molecule has 0 aliphatic rings. The van der Waals surface area contributed by atoms with Gasteiger partial charge in [0.05, 0.1) is 16.8 Å². The minimum Gasteiger partial charge on any atom is -0.349 e. The fourth-order valence-electron chi connectivity index (χ4n) is 1.53. The molecular formula is C14H20F3N3O. The molecule has 0 saturated carbocycles. The highest BCUT2D eigenvalue weighted by Crippen LogP contribution is 2.32. The second-order valence-corrected chi connectivity index (χ2v) is 5.96. The predicted octanol–water partition coefficient (Wildman–Crippen LogP) is 3.16. The summed E-state index contributed by atoms with van der Waals surface area (Å²) in [6, 6.07) is 2.59. The molecule has 0 aliphatic heterocycles. The van der Waals surface area contributed by atoms with Gasteiger partial charge < -0.3 is 10.7 Å². The number of amides is 1. The largest absolute Gasteiger partial charge is 0.416 e. The number of carbonyl (C=O) groups excluding carboxylic acids is 1. The summed E-state index contributed by atoms with van der Waals surface area (Å²) in [5.41, 5.74) is 1.14. The van der Waals surface area contributed by atoms with Crippen LogP contribution in [0.4, 0.5) is 18.9 Å². The summed E-state index contributed by atoms with van der Waals surface area (Å²) in [6.07, 6.45) is -4.52. The molecule has 1 unspecified atom stereocenters. The van der Waals surface area contributed by atoms with E-state index in [1.54, 1.807) is 6.92 Å². The Kier molecular flexibility index (Phi) is 4.88. The van der Waals surface area contributed by atoms with Crippen LogP contribution in [0.15, 0.2) is 18.2 Å². The maximum atomic E-state index is 12.7. The van der Waals surface area contributed by atoms with Crippen molar-refractivity contribution in [3.63, 3.8) is 0 Å². The number of halogens is 3. The molecule has 21 heavy (non-hydrogen) atoms. The summed E-state index contributed by atoms with van der Waals surface area (Å²) < 4.78 is 38.2. The molecule has 1 atom stereocenters. The van der Waals surface area contributed by atoms with Crippen molar-refractivity contribution in [2.45, 2.75) is 39.9 Å². The first-order chi connectivity index (χ1) is 9.46. The molecule has 1 aromatic rings. The monoisotopic (exact) mass is 303 g/mol. The van der Waals surface area contributed by atoms with E-state index in [1.165, 1.54) is 0 Å². The summed E-state index contributed by atoms with van der Waals surface area (Å²) in [5.74, 6) is 4.65. The Morgan fingerprint density at radius 1 is 1.24 bits per heavy atom. The molecule has 118 valence electrons. The fourth-order valence-corrected chi connectivity index (χ4v) is 1.53. The minimum absolute atomic E-state index is 0.136. The average molecular weight is 303 g/mol. The van der Waals surface area contributed by atoms with Gasteiger partial charge in [-0.05, 0) is 30.5 Å². The van der Waals surface area contributed by atoms with E-state index in [1.807, 2.05) is 20.8 Å². The van der Waals surface area contributed by atoms with Crippen LogP contribution in [-0.2, 0) is 6.18 Å². The van der Waals surface area contributed by atoms with E-state index in [0.29, 0.717) is 0 Å². The number of hydrogen-bond donors (Lipinski definition) is 3. The molecule has 1 rings (SSSR count). The van der Waals surface area contributed by atoms with Crippen molar-refractivity contribution in [2.75, 3.05) is 5.43 Å². The first-order valence-corrected chi connectivity index (χ1v) is 6.45. The molecule has 4 N–H and O–H groups in total. The third-order valence-corrected chi connectivity index (χ3v) is 3.39. The molecule has 0 fully saturated rings. The SMILES string of the molecule is CC(NC(=O)c1cc(C(F)(F)F)ccc1NN)C(C)(C)C. The van der Waals surface area contributed by atoms with E-state index < -0.39 is 17.6 Å². The molecule has 0 heterocycles. The summed E-state index contributed by atoms with van der Waals surface area (Å²) in [5, 5.41) is 2.69. The molecule has 1 amide bonds. The smallest absolute Gasteiger partial charge is 0.349 e. The Bertz CT molecular complexity index is 521. The van der Waals surface area contributed by atoms with Gasteiger partial charge in [0.25, 0.3) is 5.91 Å². The number of anilines is 1. The van der Waals surface area contributed by atoms with Gasteiger partial charge in [0.15, 0.2) is 0 Å². The third kappa shape index (κ3) is 4.35. The number of hydrogen-bond acceptors (Lipinski definition) is 3. The second kappa shape index (κ2) is 5.93. The van der Waals surface area contributed by atoms with E-state index in [0.717, 1.165) is 18.2 Å². The molecule has 0 saturated heterocycles. The van der Waals surface area contributed by atoms with Crippen LogP contribution in [0.25, 0.3) is 0 Å². The molecule has 0 aromatic heterocycles. The summed E-state index contributed by atoms with van der Waals surface area (Å²) in [6.45, 7) is 7.56. The highest BCUT2D eigenvalue weighted by atomic mass is 19.4. The van der Waals surface area contributed by atoms with Crippen molar-refractivity contribution in [3.8, 4) is 0 Å². The lowest BCUT2D eigenvalue weighted by Gasteiger charge is -2.28. The molecule has 0 bridgehead atoms. The van der Waals surface area contributed by atoms with Gasteiger partial charge in [-0.15, -0.1) is 0 Å². The highest BCUT2D eigenvalue weighted by Gasteiger charge is 2.32. The Morgan fingerprint density at radius 2 is 1.81 bits per heavy atom. The molecular weight excluding hydrogens is 283 g/mol. The first kappa shape index (κ1) is 17.3. The van der Waals surface area contributed by atoms with Gasteiger partial charge in [0, 0.05) is 6.04 Å². The van der Waals surface area contributed by atoms with Crippen molar-refractivity contribution in [1.29, 1.82) is 0 Å². The van der Waals surface area contributed by atoms with Gasteiger partial charge in [0.1, 0.15) is 0 Å². The number of nitrogens with two attached hydrogens (primary N) is 1. The maximum absolute atomic E-state index is 12.7. The van der Waals surface area contributed by atoms with Gasteiger partial charge in [0.2, 0.25) is 0 Å². The lowest BCUT2D eigenvalue weighted by molar-refractivity contribution is -0.137. The van der Waals surface area contributed by atoms with Gasteiger partial charge in [-0.2, -0.15) is 13.2 Å². The second-order valence-electron chi connectivity index (χ2n) is 5.96. The lowest BCUT2D eigenvalue weighted by Crippen LogP contribution is -2.41. The van der Waals surface area contributed by atoms with Crippen LogP contribution in [0.3, 0.4) is 0 Å². The molecule has 4 nitrogen and oxygen atoms in total. The number of nitrogen functional groups attached to an aromatic ring is 1. The Labute approximate surface area is 121 Å². The minimum atomic E-state index is -4.52. The van der Waals surface area contributed by atoms with Crippen LogP contribution in [-0.4, -0.2) is 11.9 Å². The Balaban J connectivity index is 3.13. The van der Waals surface area contributed by atoms with Crippen molar-refractivity contribution in [1.82, 2.24) is 5.32 Å². The van der Waals surface area contributed by atoms with Crippen molar-refractivity contribution in [2.24, 2.45) is 11.3 Å². The van der Waals surface area contributed by atoms with E-state index in [2.05, 4.69) is 10.7 Å². The number of benzene rings is 1. The standard InChI is InChI=1S/C14H20F3N3O/c1-8(13(2,3)4)19-12(21)10-7-9(14(15,16)17)5-6-11(10)20-18/h5-8,20H,18H2,1-4H3,(H,19,21). The zero-order valence-electron chi connectivity index (χ0n) is 12.4. The van der Waals surface area contributed by atoms with Gasteiger partial charge >= 0.3 is 6.18 Å². The quantitative estimate of drug-likeness (QED) is 0.593. The zero-order chi connectivity index (χ0) is 16.4. The first-order valence-electron chi connectivity index (χ1n) is 6.45. The molecule has 7 heteroatoms. The van der Waals surface area contributed by atoms with E-state index in [4.69, 9.17) is 5.84 Å². The van der Waals surface area contributed by atoms with Crippen molar-refractivity contribution < 1.29 is 18.0 Å². The van der Waals surface area contributed by atoms with Gasteiger partial charge in [-0.1, -0.05) is 20.8 Å². The van der Waals surface area contributed by atoms with Crippen LogP contribution >= 0.6 is 0 Å². The lowest BCUT2D eigenvalue weighted by atomic mass is 9.88. The van der Waals surface area contributed by atoms with Crippen molar-refractivity contribution in [3.05, 3.63) is 29.3 Å². The van der Waals surface area contributed by atoms with E-state index >= 15 is 0 Å². The van der Waals surface area contributed by atoms with Crippen LogP contribution in [0.1, 0.15) is 43.6 Å². The topological polar surface area (TPSA) is 67.2 Å². The summed E-state index contributed by atoms with van der Waals surface area (Å²) in [4.78, 5) is 12.2. The highest BCUT2D eigenvalue weighted by molar-refractivity contribution is 6.00. The number of hydrazine groups is 1. The number of rotatable bonds is 3. The van der Waals surface area contributed by atoms with Crippen molar-refractivity contribution >= 4 is 11.6 Å². The van der Waals surface area contributed by atoms with Gasteiger partial charge in [-0.3, -0.25) is 10.6 Å². The Hall–Kier alpha value is -1.76. The van der Waals surface area contributed by atoms with Crippen LogP contribution in [0.5, 0.6) is 0 Å². The predicted molar refractivity (Wildman–Crippen MR) is 75.6 cm³/mol. The van der Waals surface area contributed by atoms with E-state index in [9.17, 15) is 18.0 Å². The third-order valence-electron chi connectivity index (χ3n) is 3.39. The van der Waals surface area contributed by atoms with Crippen LogP contribution in [0, 0.1) is 5.41 Å². The summed E-state index contributed by atoms with van der Waals surface area (Å²) >= 11 is 0. The van der Waals surface area contributed by atoms with E-state index in [-0.39, 0.29) is 22.7 Å². The molecule has 0 spiro atoms. The molecule has 0 radical (unpaired) electrons. The molecule has 1 aromatic carbocycles. The fraction of sp³-hybridized carbons (Fsp3) is 0.500. The molecule has 0 aliphatic carbocycles.